The molecular weight excluding hydrogens is 250 g/mol. The molecule has 1 amide bonds. The van der Waals surface area contributed by atoms with Gasteiger partial charge in [-0.05, 0) is 44.9 Å². The Morgan fingerprint density at radius 1 is 1.05 bits per heavy atom. The summed E-state index contributed by atoms with van der Waals surface area (Å²) in [4.78, 5) is 15.2. The topological polar surface area (TPSA) is 49.0 Å². The summed E-state index contributed by atoms with van der Waals surface area (Å²) in [5.74, 6) is 0.198. The van der Waals surface area contributed by atoms with Gasteiger partial charge in [0.2, 0.25) is 0 Å². The summed E-state index contributed by atoms with van der Waals surface area (Å²) >= 11 is 0. The molecule has 2 aliphatic carbocycles. The number of nitrogens with one attached hydrogen (secondary N) is 1. The highest BCUT2D eigenvalue weighted by Crippen LogP contribution is 2.42. The van der Waals surface area contributed by atoms with Gasteiger partial charge >= 0.3 is 0 Å². The number of hydrogen-bond acceptors (Lipinski definition) is 2. The van der Waals surface area contributed by atoms with Crippen molar-refractivity contribution < 1.29 is 4.79 Å². The first kappa shape index (κ1) is 12.4. The monoisotopic (exact) mass is 273 g/mol. The molecule has 0 bridgehead atoms. The molecule has 4 rings (SSSR count). The highest BCUT2D eigenvalue weighted by atomic mass is 16.2. The first-order chi connectivity index (χ1) is 9.80. The standard InChI is InChI=1S/C16H23N3O/c20-15(14-12-6-4-7-13(12)17-18-14)19-11-5-10-16(19)8-2-1-3-9-16/h1-11H2,(H,17,18). The lowest BCUT2D eigenvalue weighted by Gasteiger charge is -2.41. The number of rotatable bonds is 1. The number of aromatic nitrogens is 2. The average molecular weight is 273 g/mol. The van der Waals surface area contributed by atoms with E-state index in [1.807, 2.05) is 0 Å². The zero-order valence-corrected chi connectivity index (χ0v) is 12.1. The molecular formula is C16H23N3O. The van der Waals surface area contributed by atoms with E-state index in [1.54, 1.807) is 0 Å². The molecule has 4 nitrogen and oxygen atoms in total. The van der Waals surface area contributed by atoms with Gasteiger partial charge < -0.3 is 4.90 Å². The van der Waals surface area contributed by atoms with Gasteiger partial charge in [0, 0.05) is 23.3 Å². The maximum Gasteiger partial charge on any atom is 0.275 e. The molecule has 1 saturated carbocycles. The molecule has 1 aromatic rings. The van der Waals surface area contributed by atoms with Crippen LogP contribution in [0.15, 0.2) is 0 Å². The Morgan fingerprint density at radius 3 is 2.70 bits per heavy atom. The Balaban J connectivity index is 1.64. The summed E-state index contributed by atoms with van der Waals surface area (Å²) in [7, 11) is 0. The van der Waals surface area contributed by atoms with Crippen LogP contribution in [0.4, 0.5) is 0 Å². The van der Waals surface area contributed by atoms with Gasteiger partial charge in [-0.1, -0.05) is 19.3 Å². The second-order valence-corrected chi connectivity index (χ2v) is 6.73. The van der Waals surface area contributed by atoms with Crippen LogP contribution in [0.2, 0.25) is 0 Å². The number of aryl methyl sites for hydroxylation is 1. The average Bonchev–Trinajstić information content (AvgIpc) is 3.14. The SMILES string of the molecule is O=C(c1n[nH]c2c1CCC2)N1CCCC12CCCCC2. The molecule has 1 aliphatic heterocycles. The van der Waals surface area contributed by atoms with Crippen LogP contribution in [0.25, 0.3) is 0 Å². The zero-order valence-electron chi connectivity index (χ0n) is 12.1. The molecule has 0 atom stereocenters. The summed E-state index contributed by atoms with van der Waals surface area (Å²) in [5.41, 5.74) is 3.29. The fraction of sp³-hybridized carbons (Fsp3) is 0.750. The van der Waals surface area contributed by atoms with Gasteiger partial charge in [-0.25, -0.2) is 0 Å². The molecule has 108 valence electrons. The fourth-order valence-electron chi connectivity index (χ4n) is 4.61. The second kappa shape index (κ2) is 4.61. The summed E-state index contributed by atoms with van der Waals surface area (Å²) in [6, 6.07) is 0. The van der Waals surface area contributed by atoms with Crippen LogP contribution in [0.1, 0.15) is 73.1 Å². The van der Waals surface area contributed by atoms with Gasteiger partial charge in [0.25, 0.3) is 5.91 Å². The van der Waals surface area contributed by atoms with Crippen molar-refractivity contribution in [3.8, 4) is 0 Å². The van der Waals surface area contributed by atoms with E-state index in [4.69, 9.17) is 0 Å². The summed E-state index contributed by atoms with van der Waals surface area (Å²) in [5, 5.41) is 7.43. The number of H-pyrrole nitrogens is 1. The van der Waals surface area contributed by atoms with Gasteiger partial charge in [0.1, 0.15) is 0 Å². The first-order valence-corrected chi connectivity index (χ1v) is 8.18. The second-order valence-electron chi connectivity index (χ2n) is 6.73. The zero-order chi connectivity index (χ0) is 13.6. The van der Waals surface area contributed by atoms with E-state index in [9.17, 15) is 4.79 Å². The van der Waals surface area contributed by atoms with E-state index in [-0.39, 0.29) is 11.4 Å². The molecule has 1 saturated heterocycles. The van der Waals surface area contributed by atoms with Gasteiger partial charge in [-0.3, -0.25) is 9.89 Å². The summed E-state index contributed by atoms with van der Waals surface area (Å²) in [6.07, 6.45) is 11.9. The number of hydrogen-bond donors (Lipinski definition) is 1. The number of carbonyl (C=O) groups is 1. The van der Waals surface area contributed by atoms with E-state index in [0.29, 0.717) is 0 Å². The minimum atomic E-state index is 0.166. The first-order valence-electron chi connectivity index (χ1n) is 8.18. The number of carbonyl (C=O) groups excluding carboxylic acids is 1. The fourth-order valence-corrected chi connectivity index (χ4v) is 4.61. The third-order valence-electron chi connectivity index (χ3n) is 5.63. The van der Waals surface area contributed by atoms with E-state index in [1.165, 1.54) is 56.2 Å². The van der Waals surface area contributed by atoms with Crippen molar-refractivity contribution in [1.29, 1.82) is 0 Å². The maximum atomic E-state index is 13.0. The number of amides is 1. The molecule has 4 heteroatoms. The predicted molar refractivity (Wildman–Crippen MR) is 76.7 cm³/mol. The number of likely N-dealkylation sites (tertiary alicyclic amines) is 1. The molecule has 0 unspecified atom stereocenters. The molecule has 20 heavy (non-hydrogen) atoms. The molecule has 2 fully saturated rings. The molecule has 1 aromatic heterocycles. The van der Waals surface area contributed by atoms with Crippen LogP contribution in [0.5, 0.6) is 0 Å². The molecule has 0 aromatic carbocycles. The van der Waals surface area contributed by atoms with Crippen molar-refractivity contribution >= 4 is 5.91 Å². The lowest BCUT2D eigenvalue weighted by molar-refractivity contribution is 0.0493. The van der Waals surface area contributed by atoms with Crippen LogP contribution in [0, 0.1) is 0 Å². The van der Waals surface area contributed by atoms with Crippen molar-refractivity contribution in [3.05, 3.63) is 17.0 Å². The van der Waals surface area contributed by atoms with Crippen LogP contribution in [-0.2, 0) is 12.8 Å². The Labute approximate surface area is 119 Å². The maximum absolute atomic E-state index is 13.0. The van der Waals surface area contributed by atoms with Crippen molar-refractivity contribution in [3.63, 3.8) is 0 Å². The smallest absolute Gasteiger partial charge is 0.275 e. The van der Waals surface area contributed by atoms with E-state index in [2.05, 4.69) is 15.1 Å². The molecule has 1 N–H and O–H groups in total. The van der Waals surface area contributed by atoms with Crippen LogP contribution < -0.4 is 0 Å². The van der Waals surface area contributed by atoms with Crippen molar-refractivity contribution in [2.24, 2.45) is 0 Å². The Bertz CT molecular complexity index is 528. The lowest BCUT2D eigenvalue weighted by atomic mass is 9.79. The third-order valence-corrected chi connectivity index (χ3v) is 5.63. The Morgan fingerprint density at radius 2 is 1.85 bits per heavy atom. The summed E-state index contributed by atoms with van der Waals surface area (Å²) in [6.45, 7) is 0.931. The van der Waals surface area contributed by atoms with E-state index in [0.717, 1.165) is 31.5 Å². The number of nitrogens with zero attached hydrogens (tertiary/aromatic N) is 2. The predicted octanol–water partition coefficient (Wildman–Crippen LogP) is 2.84. The molecule has 1 spiro atoms. The molecule has 2 heterocycles. The highest BCUT2D eigenvalue weighted by Gasteiger charge is 2.45. The molecule has 3 aliphatic rings. The minimum Gasteiger partial charge on any atom is -0.332 e. The van der Waals surface area contributed by atoms with Crippen LogP contribution >= 0.6 is 0 Å². The van der Waals surface area contributed by atoms with Crippen LogP contribution in [0.3, 0.4) is 0 Å². The number of fused-ring (bicyclic) bond motifs is 1. The van der Waals surface area contributed by atoms with E-state index >= 15 is 0 Å². The summed E-state index contributed by atoms with van der Waals surface area (Å²) < 4.78 is 0. The van der Waals surface area contributed by atoms with Gasteiger partial charge in [-0.15, -0.1) is 0 Å². The number of aromatic amines is 1. The Kier molecular flexibility index (Phi) is 2.86. The Hall–Kier alpha value is -1.32. The van der Waals surface area contributed by atoms with Crippen molar-refractivity contribution in [1.82, 2.24) is 15.1 Å². The quantitative estimate of drug-likeness (QED) is 0.855. The van der Waals surface area contributed by atoms with E-state index < -0.39 is 0 Å². The normalized spacial score (nSPS) is 24.3. The third kappa shape index (κ3) is 1.73. The van der Waals surface area contributed by atoms with Gasteiger partial charge in [0.05, 0.1) is 0 Å². The van der Waals surface area contributed by atoms with Crippen LogP contribution in [-0.4, -0.2) is 33.1 Å². The largest absolute Gasteiger partial charge is 0.332 e. The van der Waals surface area contributed by atoms with Crippen molar-refractivity contribution in [2.75, 3.05) is 6.54 Å². The van der Waals surface area contributed by atoms with Gasteiger partial charge in [0.15, 0.2) is 5.69 Å². The van der Waals surface area contributed by atoms with Gasteiger partial charge in [-0.2, -0.15) is 5.10 Å². The highest BCUT2D eigenvalue weighted by molar-refractivity contribution is 5.95. The van der Waals surface area contributed by atoms with Crippen molar-refractivity contribution in [2.45, 2.75) is 69.7 Å². The minimum absolute atomic E-state index is 0.166. The lowest BCUT2D eigenvalue weighted by Crippen LogP contribution is -2.48. The molecule has 0 radical (unpaired) electrons.